The fraction of sp³-hybridized carbons (Fsp3) is 0.750. The molecule has 0 aliphatic carbocycles. The molecule has 0 aromatic heterocycles. The lowest BCUT2D eigenvalue weighted by atomic mass is 9.90. The molecule has 1 saturated heterocycles. The molecule has 0 spiro atoms. The second-order valence-electron chi connectivity index (χ2n) is 5.18. The first kappa shape index (κ1) is 14.3. The third-order valence-electron chi connectivity index (χ3n) is 3.15. The highest BCUT2D eigenvalue weighted by molar-refractivity contribution is 6.51. The van der Waals surface area contributed by atoms with E-state index < -0.39 is 0 Å². The molecule has 1 rings (SSSR count). The average Bonchev–Trinajstić information content (AvgIpc) is 2.34. The summed E-state index contributed by atoms with van der Waals surface area (Å²) in [6.45, 7) is 9.85. The maximum Gasteiger partial charge on any atom is 0.486 e. The standard InChI is InChI=1S/C12H21BO4/c1-10(14)15-9-7-6-8-13-16-11(2,3)12(4,5)17-13/h6,8H,7,9H2,1-5H3. The van der Waals surface area contributed by atoms with Crippen molar-refractivity contribution >= 4 is 13.1 Å². The molecule has 0 radical (unpaired) electrons. The Morgan fingerprint density at radius 1 is 1.24 bits per heavy atom. The molecule has 0 bridgehead atoms. The van der Waals surface area contributed by atoms with Crippen LogP contribution >= 0.6 is 0 Å². The van der Waals surface area contributed by atoms with Gasteiger partial charge in [-0.2, -0.15) is 0 Å². The Balaban J connectivity index is 2.35. The monoisotopic (exact) mass is 240 g/mol. The lowest BCUT2D eigenvalue weighted by Gasteiger charge is -2.32. The highest BCUT2D eigenvalue weighted by Gasteiger charge is 2.49. The summed E-state index contributed by atoms with van der Waals surface area (Å²) in [6.07, 6.45) is 2.58. The molecule has 0 aromatic carbocycles. The van der Waals surface area contributed by atoms with Gasteiger partial charge >= 0.3 is 13.1 Å². The Hall–Kier alpha value is -0.805. The van der Waals surface area contributed by atoms with E-state index in [4.69, 9.17) is 14.0 Å². The van der Waals surface area contributed by atoms with Crippen molar-refractivity contribution in [2.75, 3.05) is 6.61 Å². The molecule has 5 heteroatoms. The van der Waals surface area contributed by atoms with E-state index in [1.165, 1.54) is 6.92 Å². The predicted octanol–water partition coefficient (Wildman–Crippen LogP) is 2.13. The molecular formula is C12H21BO4. The molecule has 1 aliphatic rings. The van der Waals surface area contributed by atoms with Crippen LogP contribution in [-0.4, -0.2) is 30.9 Å². The minimum absolute atomic E-state index is 0.256. The fourth-order valence-corrected chi connectivity index (χ4v) is 1.45. The normalized spacial score (nSPS) is 22.1. The van der Waals surface area contributed by atoms with Crippen molar-refractivity contribution in [2.45, 2.75) is 52.2 Å². The van der Waals surface area contributed by atoms with Gasteiger partial charge in [-0.1, -0.05) is 12.1 Å². The number of hydrogen-bond acceptors (Lipinski definition) is 4. The largest absolute Gasteiger partial charge is 0.486 e. The molecular weight excluding hydrogens is 219 g/mol. The molecule has 4 nitrogen and oxygen atoms in total. The topological polar surface area (TPSA) is 44.8 Å². The van der Waals surface area contributed by atoms with Gasteiger partial charge in [-0.3, -0.25) is 4.79 Å². The van der Waals surface area contributed by atoms with Gasteiger partial charge in [-0.25, -0.2) is 0 Å². The molecule has 96 valence electrons. The quantitative estimate of drug-likeness (QED) is 0.429. The lowest BCUT2D eigenvalue weighted by molar-refractivity contribution is -0.140. The van der Waals surface area contributed by atoms with Gasteiger partial charge in [-0.05, 0) is 34.1 Å². The summed E-state index contributed by atoms with van der Waals surface area (Å²) < 4.78 is 16.4. The lowest BCUT2D eigenvalue weighted by Crippen LogP contribution is -2.41. The molecule has 1 heterocycles. The van der Waals surface area contributed by atoms with Crippen molar-refractivity contribution < 1.29 is 18.8 Å². The highest BCUT2D eigenvalue weighted by Crippen LogP contribution is 2.36. The van der Waals surface area contributed by atoms with Crippen molar-refractivity contribution in [1.82, 2.24) is 0 Å². The second-order valence-corrected chi connectivity index (χ2v) is 5.18. The van der Waals surface area contributed by atoms with Crippen LogP contribution in [-0.2, 0) is 18.8 Å². The smallest absolute Gasteiger partial charge is 0.466 e. The number of carbonyl (C=O) groups excluding carboxylic acids is 1. The number of rotatable bonds is 4. The van der Waals surface area contributed by atoms with Crippen LogP contribution in [0.15, 0.2) is 12.1 Å². The Bertz CT molecular complexity index is 294. The van der Waals surface area contributed by atoms with Crippen molar-refractivity contribution in [2.24, 2.45) is 0 Å². The number of carbonyl (C=O) groups is 1. The Morgan fingerprint density at radius 3 is 2.24 bits per heavy atom. The van der Waals surface area contributed by atoms with Gasteiger partial charge < -0.3 is 14.0 Å². The first-order chi connectivity index (χ1) is 7.74. The molecule has 17 heavy (non-hydrogen) atoms. The summed E-state index contributed by atoms with van der Waals surface area (Å²) in [5.41, 5.74) is -0.615. The Labute approximate surface area is 103 Å². The van der Waals surface area contributed by atoms with Gasteiger partial charge in [0.2, 0.25) is 0 Å². The minimum Gasteiger partial charge on any atom is -0.466 e. The highest BCUT2D eigenvalue weighted by atomic mass is 16.7. The molecule has 0 unspecified atom stereocenters. The second kappa shape index (κ2) is 5.23. The first-order valence-corrected chi connectivity index (χ1v) is 5.90. The van der Waals surface area contributed by atoms with Gasteiger partial charge in [0.1, 0.15) is 0 Å². The zero-order valence-electron chi connectivity index (χ0n) is 11.3. The third-order valence-corrected chi connectivity index (χ3v) is 3.15. The maximum atomic E-state index is 10.5. The van der Waals surface area contributed by atoms with E-state index in [1.807, 2.05) is 39.7 Å². The number of ether oxygens (including phenoxy) is 1. The van der Waals surface area contributed by atoms with Crippen LogP contribution in [0.1, 0.15) is 41.0 Å². The zero-order chi connectivity index (χ0) is 13.1. The molecule has 1 fully saturated rings. The van der Waals surface area contributed by atoms with Crippen LogP contribution in [0.5, 0.6) is 0 Å². The van der Waals surface area contributed by atoms with Crippen LogP contribution in [0.25, 0.3) is 0 Å². The van der Waals surface area contributed by atoms with Crippen LogP contribution in [0.3, 0.4) is 0 Å². The minimum atomic E-state index is -0.322. The van der Waals surface area contributed by atoms with E-state index in [2.05, 4.69) is 0 Å². The van der Waals surface area contributed by atoms with Gasteiger partial charge in [0, 0.05) is 6.92 Å². The summed E-state index contributed by atoms with van der Waals surface area (Å²) in [6, 6.07) is 0. The maximum absolute atomic E-state index is 10.5. The van der Waals surface area contributed by atoms with E-state index in [1.54, 1.807) is 0 Å². The molecule has 0 saturated carbocycles. The Morgan fingerprint density at radius 2 is 1.76 bits per heavy atom. The van der Waals surface area contributed by atoms with Crippen molar-refractivity contribution in [1.29, 1.82) is 0 Å². The van der Waals surface area contributed by atoms with Crippen LogP contribution in [0.2, 0.25) is 0 Å². The summed E-state index contributed by atoms with van der Waals surface area (Å²) in [5, 5.41) is 0. The predicted molar refractivity (Wildman–Crippen MR) is 66.5 cm³/mol. The first-order valence-electron chi connectivity index (χ1n) is 5.90. The summed E-state index contributed by atoms with van der Waals surface area (Å²) in [7, 11) is -0.322. The van der Waals surface area contributed by atoms with Crippen molar-refractivity contribution in [3.8, 4) is 0 Å². The van der Waals surface area contributed by atoms with Crippen molar-refractivity contribution in [3.63, 3.8) is 0 Å². The van der Waals surface area contributed by atoms with Gasteiger partial charge in [0.15, 0.2) is 0 Å². The SMILES string of the molecule is CC(=O)OCCC=CB1OC(C)(C)C(C)(C)O1. The van der Waals surface area contributed by atoms with Crippen molar-refractivity contribution in [3.05, 3.63) is 12.1 Å². The number of hydrogen-bond donors (Lipinski definition) is 0. The van der Waals surface area contributed by atoms with Gasteiger partial charge in [0.25, 0.3) is 0 Å². The van der Waals surface area contributed by atoms with Crippen LogP contribution in [0.4, 0.5) is 0 Å². The van der Waals surface area contributed by atoms with Crippen LogP contribution < -0.4 is 0 Å². The van der Waals surface area contributed by atoms with E-state index in [0.717, 1.165) is 0 Å². The third kappa shape index (κ3) is 3.86. The molecule has 0 N–H and O–H groups in total. The molecule has 1 aliphatic heterocycles. The average molecular weight is 240 g/mol. The molecule has 0 aromatic rings. The summed E-state index contributed by atoms with van der Waals surface area (Å²) >= 11 is 0. The number of esters is 1. The van der Waals surface area contributed by atoms with Crippen LogP contribution in [0, 0.1) is 0 Å². The molecule has 0 atom stereocenters. The van der Waals surface area contributed by atoms with Gasteiger partial charge in [0.05, 0.1) is 17.8 Å². The Kier molecular flexibility index (Phi) is 4.39. The summed E-state index contributed by atoms with van der Waals surface area (Å²) in [4.78, 5) is 10.5. The zero-order valence-corrected chi connectivity index (χ0v) is 11.3. The summed E-state index contributed by atoms with van der Waals surface area (Å²) in [5.74, 6) is 1.61. The fourth-order valence-electron chi connectivity index (χ4n) is 1.45. The molecule has 0 amide bonds. The van der Waals surface area contributed by atoms with E-state index in [0.29, 0.717) is 13.0 Å². The van der Waals surface area contributed by atoms with Gasteiger partial charge in [-0.15, -0.1) is 0 Å². The van der Waals surface area contributed by atoms with E-state index >= 15 is 0 Å². The van der Waals surface area contributed by atoms with E-state index in [-0.39, 0.29) is 24.3 Å². The van der Waals surface area contributed by atoms with E-state index in [9.17, 15) is 4.79 Å².